The smallest absolute Gasteiger partial charge is 0.327 e. The monoisotopic (exact) mass is 454 g/mol. The predicted octanol–water partition coefficient (Wildman–Crippen LogP) is 5.17. The number of nitrogens with one attached hydrogen (secondary N) is 2. The Balaban J connectivity index is 0.000000277. The molecule has 2 aliphatic rings. The molecule has 8 bridgehead atoms. The molecule has 8 heteroatoms. The maximum absolute atomic E-state index is 9.25. The van der Waals surface area contributed by atoms with Gasteiger partial charge < -0.3 is 20.2 Å². The van der Waals surface area contributed by atoms with Crippen molar-refractivity contribution in [2.75, 3.05) is 0 Å². The summed E-state index contributed by atoms with van der Waals surface area (Å²) in [7, 11) is 0. The van der Waals surface area contributed by atoms with Gasteiger partial charge in [-0.3, -0.25) is 0 Å². The largest absolute Gasteiger partial charge is 0.478 e. The number of hydrogen-bond donors (Lipinski definition) is 4. The molecule has 2 aliphatic heterocycles. The number of H-pyrrole nitrogens is 2. The van der Waals surface area contributed by atoms with E-state index >= 15 is 0 Å². The van der Waals surface area contributed by atoms with Gasteiger partial charge in [-0.05, 0) is 72.8 Å². The van der Waals surface area contributed by atoms with E-state index in [1.54, 1.807) is 0 Å². The van der Waals surface area contributed by atoms with Crippen molar-refractivity contribution >= 4 is 58.3 Å². The minimum absolute atomic E-state index is 0.833. The molecule has 5 heterocycles. The number of carboxylic acid groups (broad SMARTS) is 2. The first-order chi connectivity index (χ1) is 16.3. The zero-order valence-electron chi connectivity index (χ0n) is 18.1. The number of aromatic amines is 2. The molecule has 0 aliphatic carbocycles. The lowest BCUT2D eigenvalue weighted by Gasteiger charge is -1.86. The number of carboxylic acids is 2. The maximum atomic E-state index is 9.25. The van der Waals surface area contributed by atoms with Crippen molar-refractivity contribution in [3.8, 4) is 0 Å². The van der Waals surface area contributed by atoms with Gasteiger partial charge in [-0.15, -0.1) is 0 Å². The molecule has 0 amide bonds. The Kier molecular flexibility index (Phi) is 7.70. The highest BCUT2D eigenvalue weighted by Gasteiger charge is 2.02. The molecule has 3 aromatic heterocycles. The third-order valence-electron chi connectivity index (χ3n) is 4.39. The first-order valence-corrected chi connectivity index (χ1v) is 10.1. The fourth-order valence-electron chi connectivity index (χ4n) is 2.94. The second-order valence-electron chi connectivity index (χ2n) is 6.99. The molecule has 0 atom stereocenters. The van der Waals surface area contributed by atoms with Crippen LogP contribution in [-0.4, -0.2) is 42.1 Å². The SMILES string of the molecule is C1=Cc2cc3ccc(cc4ccc(cc5nc(cc1n2)C=C5)[nH]4)[nH]3.C=CC(=O)O.C=CC(=O)O. The van der Waals surface area contributed by atoms with Crippen LogP contribution in [0.5, 0.6) is 0 Å². The summed E-state index contributed by atoms with van der Waals surface area (Å²) >= 11 is 0. The molecule has 34 heavy (non-hydrogen) atoms. The van der Waals surface area contributed by atoms with Crippen LogP contribution < -0.4 is 0 Å². The van der Waals surface area contributed by atoms with Gasteiger partial charge in [0.1, 0.15) is 0 Å². The normalized spacial score (nSPS) is 10.8. The van der Waals surface area contributed by atoms with Gasteiger partial charge in [0.15, 0.2) is 0 Å². The lowest BCUT2D eigenvalue weighted by Crippen LogP contribution is -1.82. The lowest BCUT2D eigenvalue weighted by molar-refractivity contribution is -0.132. The van der Waals surface area contributed by atoms with Crippen LogP contribution in [0.25, 0.3) is 46.4 Å². The molecule has 170 valence electrons. The molecule has 0 saturated heterocycles. The highest BCUT2D eigenvalue weighted by Crippen LogP contribution is 2.17. The molecule has 5 rings (SSSR count). The summed E-state index contributed by atoms with van der Waals surface area (Å²) in [5.41, 5.74) is 7.86. The second kappa shape index (κ2) is 11.1. The van der Waals surface area contributed by atoms with Gasteiger partial charge in [-0.1, -0.05) is 13.2 Å². The third-order valence-corrected chi connectivity index (χ3v) is 4.39. The van der Waals surface area contributed by atoms with Gasteiger partial charge in [0.25, 0.3) is 0 Å². The van der Waals surface area contributed by atoms with Crippen LogP contribution in [0.3, 0.4) is 0 Å². The Morgan fingerprint density at radius 3 is 1.24 bits per heavy atom. The number of nitrogens with zero attached hydrogens (tertiary/aromatic N) is 2. The molecular formula is C26H22N4O4. The molecule has 3 aromatic rings. The summed E-state index contributed by atoms with van der Waals surface area (Å²) in [5.74, 6) is -1.96. The molecule has 4 N–H and O–H groups in total. The van der Waals surface area contributed by atoms with Gasteiger partial charge in [0.2, 0.25) is 0 Å². The van der Waals surface area contributed by atoms with Gasteiger partial charge >= 0.3 is 11.9 Å². The number of fused-ring (bicyclic) bond motifs is 8. The molecular weight excluding hydrogens is 432 g/mol. The molecule has 0 saturated carbocycles. The van der Waals surface area contributed by atoms with E-state index in [1.807, 2.05) is 42.5 Å². The fraction of sp³-hybridized carbons (Fsp3) is 0. The summed E-state index contributed by atoms with van der Waals surface area (Å²) in [6.07, 6.45) is 9.71. The standard InChI is InChI=1S/C20H14N4.2C3H4O2/c1-2-14-10-16-5-6-18(23-16)12-20-8-7-19(24-20)11-17-4-3-15(22-17)9-13(1)21-14;2*1-2-3(4)5/h1-12,21-22H;2*2H,1H2,(H,4,5). The topological polar surface area (TPSA) is 132 Å². The van der Waals surface area contributed by atoms with E-state index in [-0.39, 0.29) is 0 Å². The number of aliphatic carboxylic acids is 2. The van der Waals surface area contributed by atoms with Crippen LogP contribution in [-0.2, 0) is 9.59 Å². The van der Waals surface area contributed by atoms with E-state index in [2.05, 4.69) is 63.4 Å². The van der Waals surface area contributed by atoms with E-state index in [0.717, 1.165) is 57.0 Å². The van der Waals surface area contributed by atoms with Crippen LogP contribution >= 0.6 is 0 Å². The van der Waals surface area contributed by atoms with Crippen LogP contribution in [0, 0.1) is 0 Å². The van der Waals surface area contributed by atoms with E-state index in [4.69, 9.17) is 10.2 Å². The van der Waals surface area contributed by atoms with Crippen molar-refractivity contribution in [2.45, 2.75) is 0 Å². The third kappa shape index (κ3) is 7.03. The molecule has 0 radical (unpaired) electrons. The summed E-state index contributed by atoms with van der Waals surface area (Å²) < 4.78 is 0. The lowest BCUT2D eigenvalue weighted by atomic mass is 10.3. The Morgan fingerprint density at radius 1 is 0.618 bits per heavy atom. The van der Waals surface area contributed by atoms with Crippen molar-refractivity contribution in [1.29, 1.82) is 0 Å². The van der Waals surface area contributed by atoms with Crippen molar-refractivity contribution in [3.63, 3.8) is 0 Å². The zero-order valence-corrected chi connectivity index (χ0v) is 18.1. The summed E-state index contributed by atoms with van der Waals surface area (Å²) in [6.45, 7) is 5.92. The molecule has 0 fully saturated rings. The number of hydrogen-bond acceptors (Lipinski definition) is 4. The van der Waals surface area contributed by atoms with Crippen LogP contribution in [0.4, 0.5) is 0 Å². The van der Waals surface area contributed by atoms with Gasteiger partial charge in [0.05, 0.1) is 22.8 Å². The predicted molar refractivity (Wildman–Crippen MR) is 135 cm³/mol. The average molecular weight is 454 g/mol. The van der Waals surface area contributed by atoms with E-state index in [9.17, 15) is 9.59 Å². The maximum Gasteiger partial charge on any atom is 0.327 e. The van der Waals surface area contributed by atoms with Crippen molar-refractivity contribution in [2.24, 2.45) is 0 Å². The number of rotatable bonds is 2. The highest BCUT2D eigenvalue weighted by molar-refractivity contribution is 5.79. The summed E-state index contributed by atoms with van der Waals surface area (Å²) in [5, 5.41) is 15.2. The second-order valence-corrected chi connectivity index (χ2v) is 6.99. The Labute approximate surface area is 195 Å². The number of carbonyl (C=O) groups is 2. The molecule has 8 nitrogen and oxygen atoms in total. The average Bonchev–Trinajstić information content (AvgIpc) is 3.60. The molecule has 0 aromatic carbocycles. The molecule has 0 unspecified atom stereocenters. The fourth-order valence-corrected chi connectivity index (χ4v) is 2.94. The van der Waals surface area contributed by atoms with Crippen LogP contribution in [0.15, 0.2) is 73.8 Å². The summed E-state index contributed by atoms with van der Waals surface area (Å²) in [6, 6.07) is 16.4. The highest BCUT2D eigenvalue weighted by atomic mass is 16.4. The Morgan fingerprint density at radius 2 is 0.912 bits per heavy atom. The minimum atomic E-state index is -0.981. The van der Waals surface area contributed by atoms with Crippen molar-refractivity contribution in [1.82, 2.24) is 19.9 Å². The molecule has 0 spiro atoms. The van der Waals surface area contributed by atoms with E-state index in [0.29, 0.717) is 0 Å². The van der Waals surface area contributed by atoms with Gasteiger partial charge in [-0.2, -0.15) is 0 Å². The summed E-state index contributed by atoms with van der Waals surface area (Å²) in [4.78, 5) is 34.5. The van der Waals surface area contributed by atoms with Crippen LogP contribution in [0.2, 0.25) is 0 Å². The minimum Gasteiger partial charge on any atom is -0.478 e. The van der Waals surface area contributed by atoms with Crippen molar-refractivity contribution < 1.29 is 19.8 Å². The van der Waals surface area contributed by atoms with E-state index < -0.39 is 11.9 Å². The van der Waals surface area contributed by atoms with Gasteiger partial charge in [-0.25, -0.2) is 19.6 Å². The van der Waals surface area contributed by atoms with Crippen LogP contribution in [0.1, 0.15) is 22.8 Å². The van der Waals surface area contributed by atoms with E-state index in [1.165, 1.54) is 0 Å². The zero-order chi connectivity index (χ0) is 24.5. The number of aromatic nitrogens is 4. The quantitative estimate of drug-likeness (QED) is 0.272. The Bertz CT molecular complexity index is 1350. The first-order valence-electron chi connectivity index (χ1n) is 10.1. The Hall–Kier alpha value is -4.98. The van der Waals surface area contributed by atoms with Crippen molar-refractivity contribution in [3.05, 3.63) is 96.6 Å². The van der Waals surface area contributed by atoms with Gasteiger partial charge in [0, 0.05) is 34.2 Å². The first kappa shape index (κ1) is 23.7.